The predicted molar refractivity (Wildman–Crippen MR) is 40.6 cm³/mol. The van der Waals surface area contributed by atoms with Crippen molar-refractivity contribution in [2.45, 2.75) is 45.1 Å². The highest BCUT2D eigenvalue weighted by molar-refractivity contribution is 5.09. The van der Waals surface area contributed by atoms with Crippen molar-refractivity contribution in [3.63, 3.8) is 0 Å². The van der Waals surface area contributed by atoms with Crippen LogP contribution in [-0.4, -0.2) is 5.60 Å². The molecule has 0 spiro atoms. The van der Waals surface area contributed by atoms with Crippen LogP contribution in [0, 0.1) is 16.7 Å². The zero-order valence-corrected chi connectivity index (χ0v) is 7.18. The van der Waals surface area contributed by atoms with E-state index in [-0.39, 0.29) is 5.41 Å². The fourth-order valence-corrected chi connectivity index (χ4v) is 1.69. The summed E-state index contributed by atoms with van der Waals surface area (Å²) in [6.07, 6.45) is 3.43. The first kappa shape index (κ1) is 8.55. The number of hydrogen-bond acceptors (Lipinski definition) is 2. The fourth-order valence-electron chi connectivity index (χ4n) is 1.69. The van der Waals surface area contributed by atoms with Crippen LogP contribution in [0.25, 0.3) is 0 Å². The van der Waals surface area contributed by atoms with E-state index in [4.69, 9.17) is 5.26 Å². The van der Waals surface area contributed by atoms with Crippen molar-refractivity contribution in [1.29, 1.82) is 5.26 Å². The summed E-state index contributed by atoms with van der Waals surface area (Å²) in [7, 11) is 0. The maximum Gasteiger partial charge on any atom is 0.0515 e. The summed E-state index contributed by atoms with van der Waals surface area (Å²) in [4.78, 5) is 0. The summed E-state index contributed by atoms with van der Waals surface area (Å²) in [5.41, 5.74) is -1.66. The van der Waals surface area contributed by atoms with Crippen LogP contribution in [0.3, 0.4) is 0 Å². The van der Waals surface area contributed by atoms with Crippen LogP contribution in [0.5, 0.6) is 0 Å². The Labute approximate surface area is 67.8 Å². The molecule has 0 saturated heterocycles. The van der Waals surface area contributed by atoms with Crippen molar-refractivity contribution in [1.82, 2.24) is 0 Å². The van der Waals surface area contributed by atoms with E-state index >= 15 is 0 Å². The summed E-state index contributed by atoms with van der Waals surface area (Å²) in [5, 5.41) is 20.5. The van der Waals surface area contributed by atoms with Gasteiger partial charge in [0.1, 0.15) is 0 Å². The lowest BCUT2D eigenvalue weighted by molar-refractivity contribution is -0.488. The molecule has 0 aromatic carbocycles. The molecule has 1 aliphatic carbocycles. The van der Waals surface area contributed by atoms with Gasteiger partial charge >= 0.3 is 0 Å². The summed E-state index contributed by atoms with van der Waals surface area (Å²) in [6, 6.07) is 1.92. The largest absolute Gasteiger partial charge is 0.838 e. The van der Waals surface area contributed by atoms with Gasteiger partial charge in [-0.3, -0.25) is 0 Å². The van der Waals surface area contributed by atoms with Crippen molar-refractivity contribution >= 4 is 0 Å². The first-order valence-electron chi connectivity index (χ1n) is 4.13. The van der Waals surface area contributed by atoms with Crippen molar-refractivity contribution < 1.29 is 5.11 Å². The zero-order valence-electron chi connectivity index (χ0n) is 7.18. The molecule has 1 rings (SSSR count). The summed E-state index contributed by atoms with van der Waals surface area (Å²) in [6.45, 7) is 3.81. The Morgan fingerprint density at radius 2 is 1.82 bits per heavy atom. The fraction of sp³-hybridized carbons (Fsp3) is 0.889. The van der Waals surface area contributed by atoms with Gasteiger partial charge in [-0.25, -0.2) is 0 Å². The molecule has 62 valence electrons. The van der Waals surface area contributed by atoms with Gasteiger partial charge in [-0.05, 0) is 23.9 Å². The van der Waals surface area contributed by atoms with Crippen molar-refractivity contribution in [2.24, 2.45) is 5.41 Å². The van der Waals surface area contributed by atoms with E-state index in [2.05, 4.69) is 0 Å². The van der Waals surface area contributed by atoms with Crippen LogP contribution < -0.4 is 5.11 Å². The van der Waals surface area contributed by atoms with Crippen LogP contribution in [-0.2, 0) is 0 Å². The molecule has 11 heavy (non-hydrogen) atoms. The summed E-state index contributed by atoms with van der Waals surface area (Å²) < 4.78 is 0. The van der Waals surface area contributed by atoms with Crippen LogP contribution in [0.4, 0.5) is 0 Å². The average molecular weight is 152 g/mol. The molecule has 1 fully saturated rings. The van der Waals surface area contributed by atoms with Gasteiger partial charge in [0, 0.05) is 0 Å². The van der Waals surface area contributed by atoms with Crippen LogP contribution in [0.2, 0.25) is 0 Å². The quantitative estimate of drug-likeness (QED) is 0.523. The smallest absolute Gasteiger partial charge is 0.0515 e. The lowest BCUT2D eigenvalue weighted by Crippen LogP contribution is -2.56. The van der Waals surface area contributed by atoms with Crippen LogP contribution in [0.15, 0.2) is 0 Å². The molecule has 2 nitrogen and oxygen atoms in total. The predicted octanol–water partition coefficient (Wildman–Crippen LogP) is 1.21. The molecule has 1 saturated carbocycles. The molecule has 0 amide bonds. The van der Waals surface area contributed by atoms with Crippen LogP contribution >= 0.6 is 0 Å². The van der Waals surface area contributed by atoms with Gasteiger partial charge in [-0.1, -0.05) is 26.7 Å². The van der Waals surface area contributed by atoms with Crippen molar-refractivity contribution in [2.75, 3.05) is 0 Å². The zero-order chi connectivity index (χ0) is 8.54. The molecule has 2 heteroatoms. The monoisotopic (exact) mass is 152 g/mol. The van der Waals surface area contributed by atoms with E-state index in [0.717, 1.165) is 19.3 Å². The van der Waals surface area contributed by atoms with E-state index in [1.54, 1.807) is 0 Å². The molecule has 0 N–H and O–H groups in total. The molecule has 1 aliphatic rings. The number of nitrogens with zero attached hydrogens (tertiary/aromatic N) is 1. The number of hydrogen-bond donors (Lipinski definition) is 0. The first-order valence-corrected chi connectivity index (χ1v) is 4.13. The second kappa shape index (κ2) is 2.49. The standard InChI is InChI=1S/C9H14NO/c1-8(2)5-3-4-6-9(8,11)7-10/h3-6H2,1-2H3/q-1/t9-/m0/s1. The molecular formula is C9H14NO-. The molecule has 0 unspecified atom stereocenters. The topological polar surface area (TPSA) is 46.8 Å². The van der Waals surface area contributed by atoms with Crippen molar-refractivity contribution in [3.05, 3.63) is 0 Å². The minimum Gasteiger partial charge on any atom is -0.838 e. The Balaban J connectivity index is 2.85. The van der Waals surface area contributed by atoms with Gasteiger partial charge in [-0.2, -0.15) is 5.26 Å². The minimum atomic E-state index is -1.33. The normalized spacial score (nSPS) is 36.2. The Kier molecular flexibility index (Phi) is 1.94. The van der Waals surface area contributed by atoms with Gasteiger partial charge in [0.05, 0.1) is 6.07 Å². The molecule has 0 radical (unpaired) electrons. The number of rotatable bonds is 0. The highest BCUT2D eigenvalue weighted by Crippen LogP contribution is 2.41. The third-order valence-corrected chi connectivity index (χ3v) is 2.85. The number of nitriles is 1. The average Bonchev–Trinajstić information content (AvgIpc) is 1.95. The summed E-state index contributed by atoms with van der Waals surface area (Å²) >= 11 is 0. The lowest BCUT2D eigenvalue weighted by atomic mass is 9.66. The van der Waals surface area contributed by atoms with Gasteiger partial charge in [0.2, 0.25) is 0 Å². The van der Waals surface area contributed by atoms with E-state index in [9.17, 15) is 5.11 Å². The molecule has 0 heterocycles. The Morgan fingerprint density at radius 3 is 2.18 bits per heavy atom. The van der Waals surface area contributed by atoms with Gasteiger partial charge in [0.15, 0.2) is 0 Å². The highest BCUT2D eigenvalue weighted by Gasteiger charge is 2.37. The second-order valence-corrected chi connectivity index (χ2v) is 4.03. The molecule has 0 aromatic heterocycles. The maximum absolute atomic E-state index is 11.8. The summed E-state index contributed by atoms with van der Waals surface area (Å²) in [5.74, 6) is 0. The molecule has 0 aromatic rings. The Hall–Kier alpha value is -0.550. The van der Waals surface area contributed by atoms with Gasteiger partial charge in [-0.15, -0.1) is 0 Å². The van der Waals surface area contributed by atoms with Crippen molar-refractivity contribution in [3.8, 4) is 6.07 Å². The Bertz CT molecular complexity index is 192. The SMILES string of the molecule is CC1(C)CCCC[C@]1([O-])C#N. The van der Waals surface area contributed by atoms with Gasteiger partial charge < -0.3 is 5.11 Å². The van der Waals surface area contributed by atoms with E-state index < -0.39 is 5.60 Å². The lowest BCUT2D eigenvalue weighted by Gasteiger charge is -2.51. The molecular weight excluding hydrogens is 138 g/mol. The molecule has 0 bridgehead atoms. The molecule has 1 atom stereocenters. The molecule has 0 aliphatic heterocycles. The second-order valence-electron chi connectivity index (χ2n) is 4.03. The van der Waals surface area contributed by atoms with E-state index in [1.165, 1.54) is 0 Å². The van der Waals surface area contributed by atoms with E-state index in [0.29, 0.717) is 6.42 Å². The first-order chi connectivity index (χ1) is 5.02. The Morgan fingerprint density at radius 1 is 1.27 bits per heavy atom. The highest BCUT2D eigenvalue weighted by atomic mass is 16.3. The van der Waals surface area contributed by atoms with Gasteiger partial charge in [0.25, 0.3) is 0 Å². The minimum absolute atomic E-state index is 0.333. The van der Waals surface area contributed by atoms with E-state index in [1.807, 2.05) is 19.9 Å². The maximum atomic E-state index is 11.8. The third-order valence-electron chi connectivity index (χ3n) is 2.85. The van der Waals surface area contributed by atoms with Crippen LogP contribution in [0.1, 0.15) is 39.5 Å². The third kappa shape index (κ3) is 1.25.